The van der Waals surface area contributed by atoms with Crippen molar-refractivity contribution in [3.63, 3.8) is 0 Å². The molecule has 90 valence electrons. The number of halogens is 1. The van der Waals surface area contributed by atoms with Gasteiger partial charge in [-0.05, 0) is 16.3 Å². The normalized spacial score (nSPS) is 12.8. The van der Waals surface area contributed by atoms with E-state index in [1.165, 1.54) is 11.3 Å². The summed E-state index contributed by atoms with van der Waals surface area (Å²) in [5.74, 6) is 0. The molecule has 1 aromatic heterocycles. The van der Waals surface area contributed by atoms with Gasteiger partial charge in [0.2, 0.25) is 0 Å². The van der Waals surface area contributed by atoms with Crippen molar-refractivity contribution in [3.05, 3.63) is 63.6 Å². The number of hydrogen-bond acceptors (Lipinski definition) is 3. The first-order chi connectivity index (χ1) is 8.75. The smallest absolute Gasteiger partial charge is 0.131 e. The molecule has 1 unspecified atom stereocenters. The lowest BCUT2D eigenvalue weighted by molar-refractivity contribution is 0.221. The molecular formula is C14H10ClNOS. The number of aromatic nitrogens is 1. The van der Waals surface area contributed by atoms with Crippen molar-refractivity contribution in [1.82, 2.24) is 4.98 Å². The molecular weight excluding hydrogens is 266 g/mol. The minimum absolute atomic E-state index is 0.587. The van der Waals surface area contributed by atoms with Crippen molar-refractivity contribution in [2.45, 2.75) is 6.10 Å². The molecule has 1 N–H and O–H groups in total. The lowest BCUT2D eigenvalue weighted by atomic mass is 10.0. The Labute approximate surface area is 113 Å². The van der Waals surface area contributed by atoms with Crippen LogP contribution >= 0.6 is 22.9 Å². The SMILES string of the molecule is OC(c1ncc(Cl)s1)c1cccc2ccccc12. The molecule has 4 heteroatoms. The summed E-state index contributed by atoms with van der Waals surface area (Å²) in [5, 5.41) is 13.2. The molecule has 0 aliphatic carbocycles. The molecule has 2 nitrogen and oxygen atoms in total. The molecule has 0 saturated heterocycles. The molecule has 1 atom stereocenters. The highest BCUT2D eigenvalue weighted by molar-refractivity contribution is 7.15. The largest absolute Gasteiger partial charge is 0.381 e. The Balaban J connectivity index is 2.14. The van der Waals surface area contributed by atoms with Crippen LogP contribution in [0.15, 0.2) is 48.7 Å². The average Bonchev–Trinajstić information content (AvgIpc) is 2.84. The third kappa shape index (κ3) is 2.01. The molecule has 0 aliphatic heterocycles. The first kappa shape index (κ1) is 11.7. The van der Waals surface area contributed by atoms with Crippen LogP contribution in [0.1, 0.15) is 16.7 Å². The summed E-state index contributed by atoms with van der Waals surface area (Å²) in [5.41, 5.74) is 0.860. The van der Waals surface area contributed by atoms with Crippen molar-refractivity contribution in [2.24, 2.45) is 0 Å². The van der Waals surface area contributed by atoms with E-state index in [0.29, 0.717) is 9.34 Å². The van der Waals surface area contributed by atoms with Crippen LogP contribution in [-0.2, 0) is 0 Å². The Hall–Kier alpha value is -1.42. The second kappa shape index (κ2) is 4.69. The molecule has 0 fully saturated rings. The Morgan fingerprint density at radius 1 is 1.11 bits per heavy atom. The van der Waals surface area contributed by atoms with Crippen LogP contribution in [0.25, 0.3) is 10.8 Å². The summed E-state index contributed by atoms with van der Waals surface area (Å²) in [6.07, 6.45) is 0.837. The summed E-state index contributed by atoms with van der Waals surface area (Å²) < 4.78 is 0.587. The zero-order valence-electron chi connectivity index (χ0n) is 9.38. The Bertz CT molecular complexity index is 690. The molecule has 2 aromatic carbocycles. The van der Waals surface area contributed by atoms with Gasteiger partial charge in [-0.2, -0.15) is 0 Å². The molecule has 0 bridgehead atoms. The maximum atomic E-state index is 10.4. The standard InChI is InChI=1S/C14H10ClNOS/c15-12-8-16-14(18-12)13(17)11-7-3-5-9-4-1-2-6-10(9)11/h1-8,13,17H. The van der Waals surface area contributed by atoms with E-state index in [1.54, 1.807) is 6.20 Å². The molecule has 0 amide bonds. The summed E-state index contributed by atoms with van der Waals surface area (Å²) in [7, 11) is 0. The first-order valence-electron chi connectivity index (χ1n) is 5.52. The third-order valence-corrected chi connectivity index (χ3v) is 4.01. The van der Waals surface area contributed by atoms with Crippen LogP contribution in [0, 0.1) is 0 Å². The van der Waals surface area contributed by atoms with Gasteiger partial charge in [0.25, 0.3) is 0 Å². The zero-order chi connectivity index (χ0) is 12.5. The molecule has 3 rings (SSSR count). The van der Waals surface area contributed by atoms with E-state index in [0.717, 1.165) is 16.3 Å². The van der Waals surface area contributed by atoms with Gasteiger partial charge in [0.05, 0.1) is 6.20 Å². The Kier molecular flexibility index (Phi) is 3.04. The van der Waals surface area contributed by atoms with Gasteiger partial charge < -0.3 is 5.11 Å². The summed E-state index contributed by atoms with van der Waals surface area (Å²) in [6, 6.07) is 13.9. The van der Waals surface area contributed by atoms with Gasteiger partial charge in [-0.15, -0.1) is 11.3 Å². The van der Waals surface area contributed by atoms with Gasteiger partial charge in [0.1, 0.15) is 15.4 Å². The van der Waals surface area contributed by atoms with Crippen molar-refractivity contribution >= 4 is 33.7 Å². The van der Waals surface area contributed by atoms with Crippen molar-refractivity contribution in [2.75, 3.05) is 0 Å². The van der Waals surface area contributed by atoms with Crippen molar-refractivity contribution < 1.29 is 5.11 Å². The Morgan fingerprint density at radius 2 is 1.89 bits per heavy atom. The van der Waals surface area contributed by atoms with Crippen LogP contribution in [-0.4, -0.2) is 10.1 Å². The van der Waals surface area contributed by atoms with Crippen LogP contribution in [0.5, 0.6) is 0 Å². The number of hydrogen-bond donors (Lipinski definition) is 1. The molecule has 3 aromatic rings. The average molecular weight is 276 g/mol. The number of aliphatic hydroxyl groups excluding tert-OH is 1. The second-order valence-corrected chi connectivity index (χ2v) is 5.67. The predicted octanol–water partition coefficient (Wildman–Crippen LogP) is 4.03. The number of fused-ring (bicyclic) bond motifs is 1. The van der Waals surface area contributed by atoms with E-state index in [4.69, 9.17) is 11.6 Å². The third-order valence-electron chi connectivity index (χ3n) is 2.85. The fourth-order valence-corrected chi connectivity index (χ4v) is 2.95. The molecule has 0 saturated carbocycles. The first-order valence-corrected chi connectivity index (χ1v) is 6.72. The van der Waals surface area contributed by atoms with Gasteiger partial charge in [0, 0.05) is 0 Å². The molecule has 1 heterocycles. The summed E-state index contributed by atoms with van der Waals surface area (Å²) >= 11 is 7.16. The summed E-state index contributed by atoms with van der Waals surface area (Å²) in [4.78, 5) is 4.14. The highest BCUT2D eigenvalue weighted by Gasteiger charge is 2.16. The lowest BCUT2D eigenvalue weighted by Crippen LogP contribution is -1.99. The second-order valence-electron chi connectivity index (χ2n) is 3.97. The predicted molar refractivity (Wildman–Crippen MR) is 75.1 cm³/mol. The van der Waals surface area contributed by atoms with E-state index in [9.17, 15) is 5.11 Å². The molecule has 0 spiro atoms. The maximum absolute atomic E-state index is 10.4. The minimum Gasteiger partial charge on any atom is -0.381 e. The van der Waals surface area contributed by atoms with E-state index < -0.39 is 6.10 Å². The van der Waals surface area contributed by atoms with Crippen LogP contribution in [0.3, 0.4) is 0 Å². The van der Waals surface area contributed by atoms with Gasteiger partial charge in [-0.1, -0.05) is 54.1 Å². The quantitative estimate of drug-likeness (QED) is 0.766. The van der Waals surface area contributed by atoms with E-state index in [1.807, 2.05) is 42.5 Å². The van der Waals surface area contributed by atoms with E-state index >= 15 is 0 Å². The van der Waals surface area contributed by atoms with Crippen molar-refractivity contribution in [3.8, 4) is 0 Å². The minimum atomic E-state index is -0.728. The lowest BCUT2D eigenvalue weighted by Gasteiger charge is -2.11. The number of benzene rings is 2. The number of rotatable bonds is 2. The summed E-state index contributed by atoms with van der Waals surface area (Å²) in [6.45, 7) is 0. The number of nitrogens with zero attached hydrogens (tertiary/aromatic N) is 1. The fourth-order valence-electron chi connectivity index (χ4n) is 2.02. The van der Waals surface area contributed by atoms with Crippen molar-refractivity contribution in [1.29, 1.82) is 0 Å². The monoisotopic (exact) mass is 275 g/mol. The number of thiazole rings is 1. The van der Waals surface area contributed by atoms with Crippen LogP contribution in [0.2, 0.25) is 4.34 Å². The Morgan fingerprint density at radius 3 is 2.67 bits per heavy atom. The zero-order valence-corrected chi connectivity index (χ0v) is 10.9. The van der Waals surface area contributed by atoms with Gasteiger partial charge in [0.15, 0.2) is 0 Å². The van der Waals surface area contributed by atoms with E-state index in [-0.39, 0.29) is 0 Å². The number of aliphatic hydroxyl groups is 1. The topological polar surface area (TPSA) is 33.1 Å². The fraction of sp³-hybridized carbons (Fsp3) is 0.0714. The van der Waals surface area contributed by atoms with Crippen LogP contribution in [0.4, 0.5) is 0 Å². The highest BCUT2D eigenvalue weighted by Crippen LogP contribution is 2.32. The van der Waals surface area contributed by atoms with E-state index in [2.05, 4.69) is 4.98 Å². The highest BCUT2D eigenvalue weighted by atomic mass is 35.5. The molecule has 18 heavy (non-hydrogen) atoms. The van der Waals surface area contributed by atoms with Gasteiger partial charge in [-0.3, -0.25) is 0 Å². The van der Waals surface area contributed by atoms with Crippen LogP contribution < -0.4 is 0 Å². The van der Waals surface area contributed by atoms with Gasteiger partial charge in [-0.25, -0.2) is 4.98 Å². The van der Waals surface area contributed by atoms with Gasteiger partial charge >= 0.3 is 0 Å². The maximum Gasteiger partial charge on any atom is 0.131 e. The molecule has 0 aliphatic rings. The molecule has 0 radical (unpaired) electrons.